The van der Waals surface area contributed by atoms with E-state index in [1.165, 1.54) is 22.6 Å². The van der Waals surface area contributed by atoms with E-state index in [0.717, 1.165) is 23.6 Å². The maximum Gasteiger partial charge on any atom is 0.329 e. The quantitative estimate of drug-likeness (QED) is 0.333. The maximum absolute atomic E-state index is 13.8. The van der Waals surface area contributed by atoms with Crippen molar-refractivity contribution in [3.63, 3.8) is 0 Å². The van der Waals surface area contributed by atoms with Gasteiger partial charge in [-0.25, -0.2) is 13.6 Å². The molecule has 0 fully saturated rings. The third-order valence-corrected chi connectivity index (χ3v) is 7.10. The SMILES string of the molecule is CCc1cccc(CNC[C@@H](OC(=O)C(CC)N2Cc3ccccc3C2=O)[C@@H](N)Cc2cc(F)cc(F)c2)c1. The number of halogens is 2. The Morgan fingerprint density at radius 3 is 2.41 bits per heavy atom. The highest BCUT2D eigenvalue weighted by atomic mass is 19.1. The van der Waals surface area contributed by atoms with Crippen LogP contribution in [0.1, 0.15) is 52.9 Å². The average Bonchev–Trinajstić information content (AvgIpc) is 3.24. The van der Waals surface area contributed by atoms with Crippen LogP contribution in [-0.4, -0.2) is 41.5 Å². The van der Waals surface area contributed by atoms with Gasteiger partial charge in [0.25, 0.3) is 5.91 Å². The van der Waals surface area contributed by atoms with Crippen molar-refractivity contribution >= 4 is 11.9 Å². The summed E-state index contributed by atoms with van der Waals surface area (Å²) >= 11 is 0. The molecule has 8 heteroatoms. The summed E-state index contributed by atoms with van der Waals surface area (Å²) in [5.41, 5.74) is 10.6. The lowest BCUT2D eigenvalue weighted by Gasteiger charge is -2.30. The number of nitrogens with two attached hydrogens (primary N) is 1. The molecule has 6 nitrogen and oxygen atoms in total. The first kappa shape index (κ1) is 28.4. The Labute approximate surface area is 228 Å². The van der Waals surface area contributed by atoms with Crippen molar-refractivity contribution in [1.29, 1.82) is 0 Å². The number of amides is 1. The van der Waals surface area contributed by atoms with E-state index in [2.05, 4.69) is 24.4 Å². The van der Waals surface area contributed by atoms with Gasteiger partial charge in [-0.3, -0.25) is 4.79 Å². The van der Waals surface area contributed by atoms with E-state index >= 15 is 0 Å². The second-order valence-electron chi connectivity index (χ2n) is 9.94. The number of rotatable bonds is 12. The zero-order valence-electron chi connectivity index (χ0n) is 22.3. The van der Waals surface area contributed by atoms with Crippen LogP contribution in [0.5, 0.6) is 0 Å². The number of nitrogens with zero attached hydrogens (tertiary/aromatic N) is 1. The van der Waals surface area contributed by atoms with Crippen molar-refractivity contribution in [3.05, 3.63) is 106 Å². The molecule has 206 valence electrons. The number of aryl methyl sites for hydroxylation is 1. The highest BCUT2D eigenvalue weighted by Gasteiger charge is 2.37. The zero-order valence-corrected chi connectivity index (χ0v) is 22.3. The number of carbonyl (C=O) groups is 2. The average molecular weight is 536 g/mol. The molecule has 4 rings (SSSR count). The minimum absolute atomic E-state index is 0.102. The summed E-state index contributed by atoms with van der Waals surface area (Å²) in [6, 6.07) is 17.2. The molecule has 3 atom stereocenters. The predicted molar refractivity (Wildman–Crippen MR) is 146 cm³/mol. The van der Waals surface area contributed by atoms with Crippen LogP contribution < -0.4 is 11.1 Å². The van der Waals surface area contributed by atoms with Crippen LogP contribution in [0.15, 0.2) is 66.7 Å². The van der Waals surface area contributed by atoms with E-state index in [9.17, 15) is 18.4 Å². The smallest absolute Gasteiger partial charge is 0.329 e. The Balaban J connectivity index is 1.48. The molecule has 0 radical (unpaired) electrons. The summed E-state index contributed by atoms with van der Waals surface area (Å²) in [5.74, 6) is -2.16. The van der Waals surface area contributed by atoms with Crippen molar-refractivity contribution in [1.82, 2.24) is 10.2 Å². The number of benzene rings is 3. The molecule has 1 unspecified atom stereocenters. The lowest BCUT2D eigenvalue weighted by atomic mass is 10.0. The van der Waals surface area contributed by atoms with Crippen LogP contribution in [-0.2, 0) is 35.5 Å². The lowest BCUT2D eigenvalue weighted by Crippen LogP contribution is -2.50. The fourth-order valence-corrected chi connectivity index (χ4v) is 5.00. The minimum Gasteiger partial charge on any atom is -0.458 e. The number of carbonyl (C=O) groups excluding carboxylic acids is 2. The van der Waals surface area contributed by atoms with Crippen LogP contribution >= 0.6 is 0 Å². The standard InChI is InChI=1S/C31H35F2N3O3/c1-3-20-8-7-9-21(12-20)17-35-18-29(27(34)15-22-13-24(32)16-25(33)14-22)39-31(38)28(4-2)36-19-23-10-5-6-11-26(23)30(36)37/h5-14,16,27-29,35H,3-4,15,17-19,34H2,1-2H3/t27-,28?,29+/m0/s1. The molecule has 1 aliphatic heterocycles. The van der Waals surface area contributed by atoms with E-state index < -0.39 is 35.8 Å². The molecule has 3 N–H and O–H groups in total. The van der Waals surface area contributed by atoms with Crippen molar-refractivity contribution < 1.29 is 23.1 Å². The molecule has 39 heavy (non-hydrogen) atoms. The van der Waals surface area contributed by atoms with Crippen molar-refractivity contribution in [2.75, 3.05) is 6.54 Å². The third kappa shape index (κ3) is 7.07. The molecule has 1 aliphatic rings. The second kappa shape index (κ2) is 13.0. The monoisotopic (exact) mass is 535 g/mol. The first-order valence-electron chi connectivity index (χ1n) is 13.4. The zero-order chi connectivity index (χ0) is 27.9. The van der Waals surface area contributed by atoms with Crippen LogP contribution in [0.25, 0.3) is 0 Å². The van der Waals surface area contributed by atoms with Crippen LogP contribution in [0.4, 0.5) is 8.78 Å². The molecule has 3 aromatic rings. The van der Waals surface area contributed by atoms with Crippen molar-refractivity contribution in [2.45, 2.75) is 64.4 Å². The Morgan fingerprint density at radius 2 is 1.72 bits per heavy atom. The van der Waals surface area contributed by atoms with Gasteiger partial charge in [-0.2, -0.15) is 0 Å². The van der Waals surface area contributed by atoms with Gasteiger partial charge in [0, 0.05) is 37.3 Å². The summed E-state index contributed by atoms with van der Waals surface area (Å²) in [6.07, 6.45) is 0.588. The van der Waals surface area contributed by atoms with Crippen LogP contribution in [0.2, 0.25) is 0 Å². The van der Waals surface area contributed by atoms with Crippen LogP contribution in [0.3, 0.4) is 0 Å². The molecule has 0 saturated heterocycles. The molecule has 0 spiro atoms. The topological polar surface area (TPSA) is 84.7 Å². The number of hydrogen-bond donors (Lipinski definition) is 2. The fraction of sp³-hybridized carbons (Fsp3) is 0.355. The normalized spacial score (nSPS) is 15.1. The molecule has 0 bridgehead atoms. The summed E-state index contributed by atoms with van der Waals surface area (Å²) < 4.78 is 33.5. The summed E-state index contributed by atoms with van der Waals surface area (Å²) in [7, 11) is 0. The summed E-state index contributed by atoms with van der Waals surface area (Å²) in [5, 5.41) is 3.31. The van der Waals surface area contributed by atoms with Gasteiger partial charge < -0.3 is 20.7 Å². The largest absolute Gasteiger partial charge is 0.458 e. The van der Waals surface area contributed by atoms with Gasteiger partial charge in [-0.15, -0.1) is 0 Å². The summed E-state index contributed by atoms with van der Waals surface area (Å²) in [4.78, 5) is 28.0. The Hall–Kier alpha value is -3.62. The van der Waals surface area contributed by atoms with E-state index in [-0.39, 0.29) is 18.9 Å². The van der Waals surface area contributed by atoms with E-state index in [4.69, 9.17) is 10.5 Å². The minimum atomic E-state index is -0.799. The fourth-order valence-electron chi connectivity index (χ4n) is 5.00. The molecule has 0 aliphatic carbocycles. The van der Waals surface area contributed by atoms with E-state index in [1.54, 1.807) is 12.1 Å². The van der Waals surface area contributed by atoms with Crippen molar-refractivity contribution in [3.8, 4) is 0 Å². The Bertz CT molecular complexity index is 1300. The number of hydrogen-bond acceptors (Lipinski definition) is 5. The van der Waals surface area contributed by atoms with Gasteiger partial charge in [0.1, 0.15) is 23.8 Å². The highest BCUT2D eigenvalue weighted by molar-refractivity contribution is 6.00. The number of ether oxygens (including phenoxy) is 1. The van der Waals surface area contributed by atoms with E-state index in [0.29, 0.717) is 30.6 Å². The molecule has 1 amide bonds. The van der Waals surface area contributed by atoms with Crippen molar-refractivity contribution in [2.24, 2.45) is 5.73 Å². The third-order valence-electron chi connectivity index (χ3n) is 7.10. The molecular weight excluding hydrogens is 500 g/mol. The predicted octanol–water partition coefficient (Wildman–Crippen LogP) is 4.53. The molecule has 0 aromatic heterocycles. The molecule has 1 heterocycles. The number of nitrogens with one attached hydrogen (secondary N) is 1. The van der Waals surface area contributed by atoms with Gasteiger partial charge in [0.05, 0.1) is 0 Å². The number of esters is 1. The van der Waals surface area contributed by atoms with Gasteiger partial charge >= 0.3 is 5.97 Å². The van der Waals surface area contributed by atoms with Gasteiger partial charge in [-0.05, 0) is 59.7 Å². The Morgan fingerprint density at radius 1 is 1.00 bits per heavy atom. The second-order valence-corrected chi connectivity index (χ2v) is 9.94. The Kier molecular flexibility index (Phi) is 9.43. The number of fused-ring (bicyclic) bond motifs is 1. The molecular formula is C31H35F2N3O3. The summed E-state index contributed by atoms with van der Waals surface area (Å²) in [6.45, 7) is 5.00. The molecule has 0 saturated carbocycles. The maximum atomic E-state index is 13.8. The van der Waals surface area contributed by atoms with Gasteiger partial charge in [-0.1, -0.05) is 56.3 Å². The first-order chi connectivity index (χ1) is 18.8. The lowest BCUT2D eigenvalue weighted by molar-refractivity contribution is -0.155. The van der Waals surface area contributed by atoms with Gasteiger partial charge in [0.15, 0.2) is 0 Å². The first-order valence-corrected chi connectivity index (χ1v) is 13.4. The molecule has 3 aromatic carbocycles. The highest BCUT2D eigenvalue weighted by Crippen LogP contribution is 2.26. The van der Waals surface area contributed by atoms with Crippen LogP contribution in [0, 0.1) is 11.6 Å². The van der Waals surface area contributed by atoms with E-state index in [1.807, 2.05) is 31.2 Å². The van der Waals surface area contributed by atoms with Gasteiger partial charge in [0.2, 0.25) is 0 Å².